The minimum absolute atomic E-state index is 0.0689. The first kappa shape index (κ1) is 11.7. The Morgan fingerprint density at radius 3 is 2.18 bits per heavy atom. The molecule has 0 saturated heterocycles. The summed E-state index contributed by atoms with van der Waals surface area (Å²) in [5.74, 6) is 2.15. The fourth-order valence-corrected chi connectivity index (χ4v) is 5.35. The van der Waals surface area contributed by atoms with Crippen LogP contribution in [0.4, 0.5) is 0 Å². The normalized spacial score (nSPS) is 42.5. The monoisotopic (exact) mass is 351 g/mol. The van der Waals surface area contributed by atoms with Crippen LogP contribution in [0.2, 0.25) is 0 Å². The van der Waals surface area contributed by atoms with Gasteiger partial charge in [-0.15, -0.1) is 0 Å². The van der Waals surface area contributed by atoms with Gasteiger partial charge in [0, 0.05) is 0 Å². The Bertz CT molecular complexity index is 312. The number of nitroso groups, excluding NO2 is 1. The number of carbonyl (C=O) groups excluding carboxylic acids is 1. The van der Waals surface area contributed by atoms with Gasteiger partial charge in [-0.1, -0.05) is 0 Å². The molecule has 0 unspecified atom stereocenters. The van der Waals surface area contributed by atoms with Crippen molar-refractivity contribution in [2.24, 2.45) is 28.5 Å². The summed E-state index contributed by atoms with van der Waals surface area (Å²) < 4.78 is 7.48. The number of nitrogens with one attached hydrogen (secondary N) is 1. The molecule has 1 N–H and O–H groups in total. The summed E-state index contributed by atoms with van der Waals surface area (Å²) in [5.41, 5.74) is -0.209. The quantitative estimate of drug-likeness (QED) is 0.230. The molecule has 4 fully saturated rings. The van der Waals surface area contributed by atoms with Crippen LogP contribution in [0.5, 0.6) is 0 Å². The van der Waals surface area contributed by atoms with E-state index in [9.17, 15) is 9.70 Å². The maximum absolute atomic E-state index is 12.2. The van der Waals surface area contributed by atoms with E-state index in [4.69, 9.17) is 3.07 Å². The summed E-state index contributed by atoms with van der Waals surface area (Å²) in [6.45, 7) is 0. The summed E-state index contributed by atoms with van der Waals surface area (Å²) >= 11 is -1.05. The van der Waals surface area contributed by atoms with E-state index in [1.165, 1.54) is 19.3 Å². The zero-order valence-electron chi connectivity index (χ0n) is 9.52. The maximum atomic E-state index is 12.2. The Hall–Kier alpha value is -0.400. The van der Waals surface area contributed by atoms with Crippen LogP contribution in [0, 0.1) is 28.1 Å². The molecule has 0 aromatic heterocycles. The Kier molecular flexibility index (Phi) is 3.00. The third kappa shape index (κ3) is 2.04. The summed E-state index contributed by atoms with van der Waals surface area (Å²) in [5, 5.41) is 2.53. The molecule has 5 nitrogen and oxygen atoms in total. The van der Waals surface area contributed by atoms with E-state index in [0.717, 1.165) is 37.0 Å². The average Bonchev–Trinajstić information content (AvgIpc) is 2.27. The van der Waals surface area contributed by atoms with Gasteiger partial charge in [-0.25, -0.2) is 0 Å². The van der Waals surface area contributed by atoms with E-state index in [1.807, 2.05) is 0 Å². The Morgan fingerprint density at radius 1 is 1.18 bits per heavy atom. The van der Waals surface area contributed by atoms with Crippen molar-refractivity contribution in [2.75, 3.05) is 0 Å². The minimum atomic E-state index is -1.05. The Labute approximate surface area is 111 Å². The van der Waals surface area contributed by atoms with E-state index in [-0.39, 0.29) is 11.4 Å². The van der Waals surface area contributed by atoms with Gasteiger partial charge in [-0.05, 0) is 0 Å². The summed E-state index contributed by atoms with van der Waals surface area (Å²) in [4.78, 5) is 22.1. The molecule has 4 bridgehead atoms. The van der Waals surface area contributed by atoms with Crippen LogP contribution < -0.4 is 25.5 Å². The van der Waals surface area contributed by atoms with Crippen LogP contribution in [0.15, 0.2) is 5.29 Å². The Morgan fingerprint density at radius 2 is 1.71 bits per heavy atom. The van der Waals surface area contributed by atoms with Crippen molar-refractivity contribution in [1.29, 1.82) is 0 Å². The number of rotatable bonds is 4. The van der Waals surface area contributed by atoms with Crippen molar-refractivity contribution < 1.29 is 29.8 Å². The second kappa shape index (κ2) is 4.37. The number of halogens is 1. The second-order valence-corrected chi connectivity index (χ2v) is 7.18. The zero-order valence-corrected chi connectivity index (χ0v) is 11.7. The molecule has 0 spiro atoms. The molecule has 4 saturated carbocycles. The Balaban J connectivity index is 1.68. The molecule has 4 rings (SSSR count). The van der Waals surface area contributed by atoms with Crippen LogP contribution in [-0.4, -0.2) is 5.97 Å². The van der Waals surface area contributed by atoms with Crippen molar-refractivity contribution in [3.05, 3.63) is 4.91 Å². The molecule has 4 aliphatic carbocycles. The molecule has 0 aliphatic heterocycles. The van der Waals surface area contributed by atoms with Crippen LogP contribution in [-0.2, 0) is 7.86 Å². The van der Waals surface area contributed by atoms with Gasteiger partial charge in [-0.3, -0.25) is 0 Å². The molecule has 0 radical (unpaired) electrons. The zero-order chi connectivity index (χ0) is 11.9. The number of nitrogens with zero attached hydrogens (tertiary/aromatic N) is 1. The molecule has 0 heterocycles. The fourth-order valence-electron chi connectivity index (χ4n) is 4.51. The van der Waals surface area contributed by atoms with Crippen molar-refractivity contribution in [1.82, 2.24) is 3.64 Å². The third-order valence-corrected chi connectivity index (χ3v) is 5.66. The molecule has 0 aromatic rings. The van der Waals surface area contributed by atoms with E-state index in [1.54, 1.807) is 0 Å². The first-order chi connectivity index (χ1) is 8.22. The second-order valence-electron chi connectivity index (χ2n) is 5.82. The van der Waals surface area contributed by atoms with Crippen molar-refractivity contribution in [3.8, 4) is 0 Å². The molecule has 6 heteroatoms. The predicted octanol–water partition coefficient (Wildman–Crippen LogP) is -1.06. The van der Waals surface area contributed by atoms with Crippen molar-refractivity contribution >= 4 is 5.97 Å². The third-order valence-electron chi connectivity index (χ3n) is 4.65. The molecular formula is C11H16IN2O3-. The van der Waals surface area contributed by atoms with Crippen LogP contribution in [0.25, 0.3) is 0 Å². The van der Waals surface area contributed by atoms with Crippen LogP contribution >= 0.6 is 0 Å². The fraction of sp³-hybridized carbons (Fsp3) is 0.909. The van der Waals surface area contributed by atoms with Gasteiger partial charge in [0.05, 0.1) is 0 Å². The number of hydrogen-bond acceptors (Lipinski definition) is 4. The van der Waals surface area contributed by atoms with Crippen molar-refractivity contribution in [3.63, 3.8) is 0 Å². The van der Waals surface area contributed by atoms with Gasteiger partial charge in [0.25, 0.3) is 0 Å². The predicted molar refractivity (Wildman–Crippen MR) is 55.6 cm³/mol. The summed E-state index contributed by atoms with van der Waals surface area (Å²) in [6.07, 6.45) is 6.98. The standard InChI is InChI=1S/C11H16IN2O3/c15-10(17-12-13-14-16)11-4-7-1-8(5-11)3-9(2-7)6-11/h7-9H,1-6H2,(H,13,16)/q-1. The molecule has 0 aromatic carbocycles. The van der Waals surface area contributed by atoms with Gasteiger partial charge in [-0.2, -0.15) is 0 Å². The van der Waals surface area contributed by atoms with Crippen molar-refractivity contribution in [2.45, 2.75) is 38.5 Å². The van der Waals surface area contributed by atoms with Gasteiger partial charge in [0.15, 0.2) is 0 Å². The molecule has 96 valence electrons. The van der Waals surface area contributed by atoms with Gasteiger partial charge >= 0.3 is 111 Å². The van der Waals surface area contributed by atoms with Crippen LogP contribution in [0.3, 0.4) is 0 Å². The van der Waals surface area contributed by atoms with E-state index in [0.29, 0.717) is 0 Å². The van der Waals surface area contributed by atoms with E-state index in [2.05, 4.69) is 8.93 Å². The SMILES string of the molecule is O=NN[I-]OC(=O)C12CC3CC(CC(C3)C1)C2. The number of hydrogen-bond donors (Lipinski definition) is 1. The van der Waals surface area contributed by atoms with Crippen LogP contribution in [0.1, 0.15) is 38.5 Å². The average molecular weight is 351 g/mol. The van der Waals surface area contributed by atoms with Gasteiger partial charge in [0.1, 0.15) is 0 Å². The van der Waals surface area contributed by atoms with Gasteiger partial charge < -0.3 is 0 Å². The van der Waals surface area contributed by atoms with E-state index >= 15 is 0 Å². The summed E-state index contributed by atoms with van der Waals surface area (Å²) in [6, 6.07) is 0. The first-order valence-corrected chi connectivity index (χ1v) is 8.10. The van der Waals surface area contributed by atoms with E-state index < -0.39 is 21.9 Å². The molecule has 0 amide bonds. The molecule has 17 heavy (non-hydrogen) atoms. The first-order valence-electron chi connectivity index (χ1n) is 6.14. The molecule has 4 aliphatic rings. The topological polar surface area (TPSA) is 67.8 Å². The molecule has 0 atom stereocenters. The van der Waals surface area contributed by atoms with Gasteiger partial charge in [0.2, 0.25) is 0 Å². The number of carbonyl (C=O) groups is 1. The summed E-state index contributed by atoms with van der Waals surface area (Å²) in [7, 11) is 0. The molecular weight excluding hydrogens is 335 g/mol.